The van der Waals surface area contributed by atoms with Gasteiger partial charge in [-0.05, 0) is 66.9 Å². The van der Waals surface area contributed by atoms with Crippen molar-refractivity contribution in [2.75, 3.05) is 19.0 Å². The van der Waals surface area contributed by atoms with E-state index in [1.54, 1.807) is 55.9 Å². The van der Waals surface area contributed by atoms with Crippen LogP contribution in [0, 0.1) is 6.92 Å². The van der Waals surface area contributed by atoms with Crippen LogP contribution in [0.2, 0.25) is 0 Å². The number of carbonyl (C=O) groups is 2. The highest BCUT2D eigenvalue weighted by atomic mass is 16.5. The van der Waals surface area contributed by atoms with E-state index in [2.05, 4.69) is 10.3 Å². The summed E-state index contributed by atoms with van der Waals surface area (Å²) in [6, 6.07) is 16.4. The molecule has 0 unspecified atom stereocenters. The first-order valence-corrected chi connectivity index (χ1v) is 10.7. The first-order valence-electron chi connectivity index (χ1n) is 10.7. The third kappa shape index (κ3) is 4.57. The third-order valence-corrected chi connectivity index (χ3v) is 5.33. The molecule has 3 aromatic rings. The number of anilines is 1. The van der Waals surface area contributed by atoms with Crippen molar-refractivity contribution in [1.82, 2.24) is 9.88 Å². The monoisotopic (exact) mass is 443 g/mol. The summed E-state index contributed by atoms with van der Waals surface area (Å²) in [6.07, 6.45) is 3.27. The van der Waals surface area contributed by atoms with Gasteiger partial charge < -0.3 is 14.8 Å². The van der Waals surface area contributed by atoms with Gasteiger partial charge in [0.1, 0.15) is 17.2 Å². The SMILES string of the molecule is CCOc1ccc(C2=C(Nc3cc(C)ccc3OC)C(=O)N(Cc3ccncc3)C2=O)cc1. The molecule has 0 radical (unpaired) electrons. The molecule has 2 aromatic carbocycles. The summed E-state index contributed by atoms with van der Waals surface area (Å²) in [5, 5.41) is 3.18. The number of aromatic nitrogens is 1. The molecular weight excluding hydrogens is 418 g/mol. The van der Waals surface area contributed by atoms with Gasteiger partial charge in [-0.25, -0.2) is 0 Å². The molecule has 168 valence electrons. The Balaban J connectivity index is 1.76. The second-order valence-corrected chi connectivity index (χ2v) is 7.59. The normalized spacial score (nSPS) is 13.5. The summed E-state index contributed by atoms with van der Waals surface area (Å²) in [7, 11) is 1.56. The molecule has 4 rings (SSSR count). The van der Waals surface area contributed by atoms with Gasteiger partial charge in [0.15, 0.2) is 0 Å². The van der Waals surface area contributed by atoms with Gasteiger partial charge in [0.2, 0.25) is 0 Å². The third-order valence-electron chi connectivity index (χ3n) is 5.33. The fraction of sp³-hybridized carbons (Fsp3) is 0.192. The summed E-state index contributed by atoms with van der Waals surface area (Å²) in [5.41, 5.74) is 3.56. The first kappa shape index (κ1) is 22.1. The fourth-order valence-corrected chi connectivity index (χ4v) is 3.71. The number of rotatable bonds is 8. The Morgan fingerprint density at radius 3 is 2.36 bits per heavy atom. The maximum atomic E-state index is 13.5. The van der Waals surface area contributed by atoms with E-state index in [0.717, 1.165) is 11.1 Å². The zero-order chi connectivity index (χ0) is 23.4. The number of aryl methyl sites for hydroxylation is 1. The number of hydrogen-bond acceptors (Lipinski definition) is 6. The molecule has 7 nitrogen and oxygen atoms in total. The van der Waals surface area contributed by atoms with E-state index >= 15 is 0 Å². The van der Waals surface area contributed by atoms with Gasteiger partial charge in [-0.15, -0.1) is 0 Å². The second-order valence-electron chi connectivity index (χ2n) is 7.59. The summed E-state index contributed by atoms with van der Waals surface area (Å²) in [5.74, 6) is 0.508. The highest BCUT2D eigenvalue weighted by Crippen LogP contribution is 2.35. The van der Waals surface area contributed by atoms with E-state index in [9.17, 15) is 9.59 Å². The van der Waals surface area contributed by atoms with Crippen molar-refractivity contribution >= 4 is 23.1 Å². The molecule has 1 N–H and O–H groups in total. The van der Waals surface area contributed by atoms with Crippen molar-refractivity contribution in [3.63, 3.8) is 0 Å². The zero-order valence-electron chi connectivity index (χ0n) is 18.8. The standard InChI is InChI=1S/C26H25N3O4/c1-4-33-20-8-6-19(7-9-20)23-24(28-21-15-17(2)5-10-22(21)32-3)26(31)29(25(23)30)16-18-11-13-27-14-12-18/h5-15,28H,4,16H2,1-3H3. The Morgan fingerprint density at radius 1 is 0.970 bits per heavy atom. The number of pyridine rings is 1. The van der Waals surface area contributed by atoms with Crippen LogP contribution in [-0.4, -0.2) is 35.4 Å². The molecule has 0 atom stereocenters. The lowest BCUT2D eigenvalue weighted by atomic mass is 10.0. The predicted octanol–water partition coefficient (Wildman–Crippen LogP) is 4.19. The Kier molecular flexibility index (Phi) is 6.40. The number of hydrogen-bond donors (Lipinski definition) is 1. The number of imide groups is 1. The van der Waals surface area contributed by atoms with Gasteiger partial charge in [-0.3, -0.25) is 19.5 Å². The minimum absolute atomic E-state index is 0.150. The molecule has 0 bridgehead atoms. The van der Waals surface area contributed by atoms with Crippen LogP contribution in [0.25, 0.3) is 5.57 Å². The molecule has 1 aromatic heterocycles. The number of nitrogens with zero attached hydrogens (tertiary/aromatic N) is 2. The van der Waals surface area contributed by atoms with E-state index < -0.39 is 5.91 Å². The van der Waals surface area contributed by atoms with Gasteiger partial charge in [0, 0.05) is 12.4 Å². The summed E-state index contributed by atoms with van der Waals surface area (Å²) in [6.45, 7) is 4.55. The molecule has 0 aliphatic carbocycles. The molecule has 0 spiro atoms. The van der Waals surface area contributed by atoms with Gasteiger partial charge in [0.25, 0.3) is 11.8 Å². The first-order chi connectivity index (χ1) is 16.0. The molecule has 0 saturated heterocycles. The number of methoxy groups -OCH3 is 1. The lowest BCUT2D eigenvalue weighted by Gasteiger charge is -2.16. The van der Waals surface area contributed by atoms with Gasteiger partial charge >= 0.3 is 0 Å². The van der Waals surface area contributed by atoms with Crippen LogP contribution >= 0.6 is 0 Å². The van der Waals surface area contributed by atoms with Crippen LogP contribution < -0.4 is 14.8 Å². The van der Waals surface area contributed by atoms with Gasteiger partial charge in [-0.1, -0.05) is 18.2 Å². The summed E-state index contributed by atoms with van der Waals surface area (Å²) < 4.78 is 11.0. The molecule has 1 aliphatic heterocycles. The van der Waals surface area contributed by atoms with Gasteiger partial charge in [-0.2, -0.15) is 0 Å². The highest BCUT2D eigenvalue weighted by molar-refractivity contribution is 6.36. The van der Waals surface area contributed by atoms with Crippen molar-refractivity contribution < 1.29 is 19.1 Å². The largest absolute Gasteiger partial charge is 0.495 e. The van der Waals surface area contributed by atoms with Gasteiger partial charge in [0.05, 0.1) is 31.5 Å². The number of carbonyl (C=O) groups excluding carboxylic acids is 2. The van der Waals surface area contributed by atoms with E-state index in [1.807, 2.05) is 32.0 Å². The van der Waals surface area contributed by atoms with Crippen molar-refractivity contribution in [3.05, 3.63) is 89.4 Å². The van der Waals surface area contributed by atoms with E-state index in [0.29, 0.717) is 34.9 Å². The minimum atomic E-state index is -0.399. The number of nitrogens with one attached hydrogen (secondary N) is 1. The van der Waals surface area contributed by atoms with E-state index in [-0.39, 0.29) is 18.1 Å². The number of benzene rings is 2. The average Bonchev–Trinajstić information content (AvgIpc) is 3.05. The summed E-state index contributed by atoms with van der Waals surface area (Å²) in [4.78, 5) is 32.2. The van der Waals surface area contributed by atoms with Crippen LogP contribution in [0.4, 0.5) is 5.69 Å². The Hall–Kier alpha value is -4.13. The van der Waals surface area contributed by atoms with Crippen molar-refractivity contribution in [1.29, 1.82) is 0 Å². The molecule has 0 fully saturated rings. The van der Waals surface area contributed by atoms with Crippen LogP contribution in [-0.2, 0) is 16.1 Å². The van der Waals surface area contributed by atoms with E-state index in [4.69, 9.17) is 9.47 Å². The Bertz CT molecular complexity index is 1200. The molecule has 2 heterocycles. The molecule has 1 aliphatic rings. The minimum Gasteiger partial charge on any atom is -0.495 e. The number of amides is 2. The van der Waals surface area contributed by atoms with Crippen molar-refractivity contribution in [2.45, 2.75) is 20.4 Å². The quantitative estimate of drug-likeness (QED) is 0.526. The van der Waals surface area contributed by atoms with Crippen LogP contribution in [0.1, 0.15) is 23.6 Å². The fourth-order valence-electron chi connectivity index (χ4n) is 3.71. The Morgan fingerprint density at radius 2 is 1.70 bits per heavy atom. The molecule has 33 heavy (non-hydrogen) atoms. The van der Waals surface area contributed by atoms with E-state index in [1.165, 1.54) is 4.90 Å². The van der Waals surface area contributed by atoms with Crippen molar-refractivity contribution in [2.24, 2.45) is 0 Å². The topological polar surface area (TPSA) is 80.8 Å². The molecular formula is C26H25N3O4. The average molecular weight is 444 g/mol. The number of ether oxygens (including phenoxy) is 2. The van der Waals surface area contributed by atoms with Crippen LogP contribution in [0.5, 0.6) is 11.5 Å². The summed E-state index contributed by atoms with van der Waals surface area (Å²) >= 11 is 0. The van der Waals surface area contributed by atoms with Crippen LogP contribution in [0.3, 0.4) is 0 Å². The lowest BCUT2D eigenvalue weighted by molar-refractivity contribution is -0.137. The molecule has 0 saturated carbocycles. The van der Waals surface area contributed by atoms with Crippen molar-refractivity contribution in [3.8, 4) is 11.5 Å². The second kappa shape index (κ2) is 9.56. The molecule has 2 amide bonds. The smallest absolute Gasteiger partial charge is 0.278 e. The maximum Gasteiger partial charge on any atom is 0.278 e. The lowest BCUT2D eigenvalue weighted by Crippen LogP contribution is -2.32. The van der Waals surface area contributed by atoms with Crippen LogP contribution in [0.15, 0.2) is 72.7 Å². The highest BCUT2D eigenvalue weighted by Gasteiger charge is 2.39. The zero-order valence-corrected chi connectivity index (χ0v) is 18.8. The maximum absolute atomic E-state index is 13.5. The predicted molar refractivity (Wildman–Crippen MR) is 126 cm³/mol. The Labute approximate surface area is 192 Å². The molecule has 7 heteroatoms.